The van der Waals surface area contributed by atoms with E-state index in [2.05, 4.69) is 20.7 Å². The standard InChI is InChI=1S/C26H34FN7O5/c1-25(2,3)39-24(38)32(4)20-11-19(30-17-6-5-9-33(23(17)37)18-10-16(18)27)31-21-15(12-29-34(20)21)22(36)28-13-26(14-35)7-8-26/h5-6,9,11-12,16,18,23,35,37H,7-8,10,13-14H2,1-4H3,(H,28,36)(H,30,31)/t16-,18-,23?/m1/s1. The van der Waals surface area contributed by atoms with Crippen LogP contribution in [0.5, 0.6) is 0 Å². The van der Waals surface area contributed by atoms with Crippen molar-refractivity contribution < 1.29 is 28.9 Å². The highest BCUT2D eigenvalue weighted by Gasteiger charge is 2.45. The Kier molecular flexibility index (Phi) is 6.75. The fourth-order valence-electron chi connectivity index (χ4n) is 4.35. The summed E-state index contributed by atoms with van der Waals surface area (Å²) >= 11 is 0. The zero-order valence-corrected chi connectivity index (χ0v) is 22.4. The summed E-state index contributed by atoms with van der Waals surface area (Å²) in [5.74, 6) is 0.0627. The van der Waals surface area contributed by atoms with Crippen molar-refractivity contribution >= 4 is 29.3 Å². The zero-order chi connectivity index (χ0) is 28.1. The molecule has 2 amide bonds. The maximum absolute atomic E-state index is 13.7. The summed E-state index contributed by atoms with van der Waals surface area (Å²) < 4.78 is 20.6. The Labute approximate surface area is 225 Å². The Morgan fingerprint density at radius 2 is 2.05 bits per heavy atom. The Balaban J connectivity index is 1.48. The molecule has 210 valence electrons. The highest BCUT2D eigenvalue weighted by molar-refractivity contribution is 6.00. The molecule has 0 radical (unpaired) electrons. The molecule has 2 aliphatic carbocycles. The van der Waals surface area contributed by atoms with Gasteiger partial charge in [-0.15, -0.1) is 0 Å². The summed E-state index contributed by atoms with van der Waals surface area (Å²) in [4.78, 5) is 33.4. The third kappa shape index (κ3) is 5.55. The molecule has 1 aliphatic heterocycles. The normalized spacial score (nSPS) is 23.3. The average Bonchev–Trinajstić information content (AvgIpc) is 3.78. The molecule has 4 N–H and O–H groups in total. The van der Waals surface area contributed by atoms with Crippen LogP contribution in [-0.4, -0.2) is 86.0 Å². The van der Waals surface area contributed by atoms with Crippen LogP contribution in [0.3, 0.4) is 0 Å². The van der Waals surface area contributed by atoms with Gasteiger partial charge in [0.1, 0.15) is 29.0 Å². The lowest BCUT2D eigenvalue weighted by atomic mass is 10.1. The van der Waals surface area contributed by atoms with E-state index < -0.39 is 36.0 Å². The Hall–Kier alpha value is -3.71. The van der Waals surface area contributed by atoms with Crippen molar-refractivity contribution in [1.29, 1.82) is 0 Å². The fraction of sp³-hybridized carbons (Fsp3) is 0.538. The summed E-state index contributed by atoms with van der Waals surface area (Å²) in [5.41, 5.74) is -0.346. The summed E-state index contributed by atoms with van der Waals surface area (Å²) in [7, 11) is 1.51. The molecule has 0 saturated heterocycles. The highest BCUT2D eigenvalue weighted by atomic mass is 19.1. The molecule has 3 heterocycles. The molecule has 2 saturated carbocycles. The number of alkyl halides is 1. The van der Waals surface area contributed by atoms with Crippen molar-refractivity contribution in [2.75, 3.05) is 30.4 Å². The number of carbonyl (C=O) groups excluding carboxylic acids is 2. The average molecular weight is 544 g/mol. The van der Waals surface area contributed by atoms with Gasteiger partial charge in [0.2, 0.25) is 0 Å². The van der Waals surface area contributed by atoms with Gasteiger partial charge in [-0.05, 0) is 45.8 Å². The van der Waals surface area contributed by atoms with Gasteiger partial charge in [0.25, 0.3) is 5.91 Å². The van der Waals surface area contributed by atoms with E-state index in [4.69, 9.17) is 4.74 Å². The van der Waals surface area contributed by atoms with Gasteiger partial charge >= 0.3 is 6.09 Å². The van der Waals surface area contributed by atoms with Gasteiger partial charge in [-0.3, -0.25) is 9.69 Å². The van der Waals surface area contributed by atoms with Crippen LogP contribution in [0.25, 0.3) is 5.65 Å². The molecule has 12 nitrogen and oxygen atoms in total. The first-order valence-corrected chi connectivity index (χ1v) is 12.9. The first kappa shape index (κ1) is 26.9. The molecular formula is C26H34FN7O5. The minimum absolute atomic E-state index is 0.00784. The number of rotatable bonds is 8. The van der Waals surface area contributed by atoms with Crippen molar-refractivity contribution in [1.82, 2.24) is 24.8 Å². The van der Waals surface area contributed by atoms with Crippen LogP contribution in [0.2, 0.25) is 0 Å². The lowest BCUT2D eigenvalue weighted by molar-refractivity contribution is 0.0568. The first-order chi connectivity index (χ1) is 18.4. The SMILES string of the molecule is CN(C(=O)OC(C)(C)C)c1cc(NC2=CC=CN([C@@H]3C[C@H]3F)C2O)nc2c(C(=O)NCC3(CO)CC3)cnn12. The van der Waals surface area contributed by atoms with Crippen LogP contribution < -0.4 is 15.5 Å². The maximum Gasteiger partial charge on any atom is 0.415 e. The molecule has 0 spiro atoms. The van der Waals surface area contributed by atoms with Crippen LogP contribution in [0.4, 0.5) is 20.8 Å². The van der Waals surface area contributed by atoms with E-state index in [1.54, 1.807) is 45.2 Å². The van der Waals surface area contributed by atoms with Gasteiger partial charge in [-0.2, -0.15) is 9.61 Å². The number of aliphatic hydroxyl groups is 2. The lowest BCUT2D eigenvalue weighted by Crippen LogP contribution is -2.39. The molecule has 13 heteroatoms. The minimum atomic E-state index is -1.13. The molecule has 0 bridgehead atoms. The number of nitrogens with one attached hydrogen (secondary N) is 2. The second-order valence-electron chi connectivity index (χ2n) is 11.4. The van der Waals surface area contributed by atoms with E-state index in [1.165, 1.54) is 27.6 Å². The Bertz CT molecular complexity index is 1350. The summed E-state index contributed by atoms with van der Waals surface area (Å²) in [6.07, 6.45) is 5.58. The van der Waals surface area contributed by atoms with E-state index in [-0.39, 0.29) is 34.9 Å². The number of aromatic nitrogens is 3. The molecular weight excluding hydrogens is 509 g/mol. The second-order valence-corrected chi connectivity index (χ2v) is 11.4. The van der Waals surface area contributed by atoms with Crippen LogP contribution in [-0.2, 0) is 4.74 Å². The van der Waals surface area contributed by atoms with E-state index in [9.17, 15) is 24.2 Å². The van der Waals surface area contributed by atoms with Crippen LogP contribution in [0.1, 0.15) is 50.4 Å². The Morgan fingerprint density at radius 3 is 2.67 bits per heavy atom. The van der Waals surface area contributed by atoms with E-state index in [0.29, 0.717) is 18.7 Å². The maximum atomic E-state index is 13.7. The van der Waals surface area contributed by atoms with Gasteiger partial charge in [0, 0.05) is 37.7 Å². The smallest absolute Gasteiger partial charge is 0.415 e. The molecule has 3 atom stereocenters. The number of carbonyl (C=O) groups is 2. The number of nitrogens with zero attached hydrogens (tertiary/aromatic N) is 5. The molecule has 5 rings (SSSR count). The van der Waals surface area contributed by atoms with Gasteiger partial charge in [0.05, 0.1) is 24.5 Å². The van der Waals surface area contributed by atoms with Crippen LogP contribution in [0, 0.1) is 5.41 Å². The molecule has 0 aromatic carbocycles. The van der Waals surface area contributed by atoms with E-state index >= 15 is 0 Å². The minimum Gasteiger partial charge on any atom is -0.443 e. The number of allylic oxidation sites excluding steroid dienone is 2. The van der Waals surface area contributed by atoms with Crippen molar-refractivity contribution in [3.8, 4) is 0 Å². The molecule has 2 aromatic rings. The third-order valence-electron chi connectivity index (χ3n) is 7.06. The predicted molar refractivity (Wildman–Crippen MR) is 141 cm³/mol. The largest absolute Gasteiger partial charge is 0.443 e. The van der Waals surface area contributed by atoms with Crippen LogP contribution in [0.15, 0.2) is 36.3 Å². The monoisotopic (exact) mass is 543 g/mol. The van der Waals surface area contributed by atoms with Crippen molar-refractivity contribution in [3.63, 3.8) is 0 Å². The fourth-order valence-corrected chi connectivity index (χ4v) is 4.35. The Morgan fingerprint density at radius 1 is 1.33 bits per heavy atom. The second kappa shape index (κ2) is 9.79. The van der Waals surface area contributed by atoms with Crippen molar-refractivity contribution in [3.05, 3.63) is 41.9 Å². The number of hydrogen-bond acceptors (Lipinski definition) is 9. The molecule has 1 unspecified atom stereocenters. The number of anilines is 2. The van der Waals surface area contributed by atoms with Crippen LogP contribution >= 0.6 is 0 Å². The van der Waals surface area contributed by atoms with Crippen molar-refractivity contribution in [2.45, 2.75) is 64.1 Å². The predicted octanol–water partition coefficient (Wildman–Crippen LogP) is 2.16. The number of amides is 2. The lowest BCUT2D eigenvalue weighted by Gasteiger charge is -2.31. The summed E-state index contributed by atoms with van der Waals surface area (Å²) in [5, 5.41) is 30.7. The topological polar surface area (TPSA) is 145 Å². The first-order valence-electron chi connectivity index (χ1n) is 12.9. The molecule has 3 aliphatic rings. The third-order valence-corrected chi connectivity index (χ3v) is 7.06. The number of ether oxygens (including phenoxy) is 1. The van der Waals surface area contributed by atoms with Gasteiger partial charge < -0.3 is 30.5 Å². The van der Waals surface area contributed by atoms with E-state index in [1.807, 2.05) is 0 Å². The number of hydrogen-bond donors (Lipinski definition) is 4. The molecule has 2 fully saturated rings. The molecule has 39 heavy (non-hydrogen) atoms. The highest BCUT2D eigenvalue weighted by Crippen LogP contribution is 2.44. The quantitative estimate of drug-likeness (QED) is 0.394. The van der Waals surface area contributed by atoms with Crippen molar-refractivity contribution in [2.24, 2.45) is 5.41 Å². The number of aliphatic hydroxyl groups excluding tert-OH is 2. The number of fused-ring (bicyclic) bond motifs is 1. The van der Waals surface area contributed by atoms with E-state index in [0.717, 1.165) is 12.8 Å². The van der Waals surface area contributed by atoms with Gasteiger partial charge in [-0.25, -0.2) is 14.2 Å². The summed E-state index contributed by atoms with van der Waals surface area (Å²) in [6.45, 7) is 5.57. The summed E-state index contributed by atoms with van der Waals surface area (Å²) in [6, 6.07) is 1.15. The van der Waals surface area contributed by atoms with Gasteiger partial charge in [-0.1, -0.05) is 0 Å². The number of halogens is 1. The van der Waals surface area contributed by atoms with Gasteiger partial charge in [0.15, 0.2) is 11.9 Å². The molecule has 2 aromatic heterocycles. The zero-order valence-electron chi connectivity index (χ0n) is 22.4.